The topological polar surface area (TPSA) is 36.9 Å². The second-order valence-electron chi connectivity index (χ2n) is 15.6. The molecule has 8 rings (SSSR count). The average Bonchev–Trinajstić information content (AvgIpc) is 3.64. The highest BCUT2D eigenvalue weighted by Gasteiger charge is 2.54. The summed E-state index contributed by atoms with van der Waals surface area (Å²) in [7, 11) is -0.750. The summed E-state index contributed by atoms with van der Waals surface area (Å²) in [4.78, 5) is 0. The van der Waals surface area contributed by atoms with Gasteiger partial charge in [0.25, 0.3) is 0 Å². The van der Waals surface area contributed by atoms with Crippen LogP contribution in [0, 0.1) is 0 Å². The molecule has 1 spiro atoms. The predicted molar refractivity (Wildman–Crippen MR) is 183 cm³/mol. The van der Waals surface area contributed by atoms with E-state index in [0.29, 0.717) is 0 Å². The molecule has 2 saturated heterocycles. The third-order valence-corrected chi connectivity index (χ3v) is 11.8. The van der Waals surface area contributed by atoms with Crippen LogP contribution in [0.3, 0.4) is 0 Å². The Morgan fingerprint density at radius 2 is 0.889 bits per heavy atom. The van der Waals surface area contributed by atoms with Gasteiger partial charge in [-0.2, -0.15) is 0 Å². The molecule has 0 radical (unpaired) electrons. The van der Waals surface area contributed by atoms with Crippen molar-refractivity contribution in [1.29, 1.82) is 0 Å². The zero-order chi connectivity index (χ0) is 31.6. The van der Waals surface area contributed by atoms with E-state index in [-0.39, 0.29) is 42.1 Å². The van der Waals surface area contributed by atoms with E-state index in [1.807, 2.05) is 0 Å². The quantitative estimate of drug-likeness (QED) is 0.239. The van der Waals surface area contributed by atoms with Crippen LogP contribution in [0.4, 0.5) is 0 Å². The molecular weight excluding hydrogens is 554 g/mol. The van der Waals surface area contributed by atoms with Crippen molar-refractivity contribution in [3.05, 3.63) is 107 Å². The first kappa shape index (κ1) is 29.3. The summed E-state index contributed by atoms with van der Waals surface area (Å²) in [5.74, 6) is 0. The van der Waals surface area contributed by atoms with Gasteiger partial charge in [0.1, 0.15) is 0 Å². The minimum Gasteiger partial charge on any atom is -0.399 e. The Hall–Kier alpha value is -3.15. The third-order valence-electron chi connectivity index (χ3n) is 11.8. The molecule has 2 aliphatic carbocycles. The lowest BCUT2D eigenvalue weighted by molar-refractivity contribution is 0.00578. The Morgan fingerprint density at radius 1 is 0.467 bits per heavy atom. The number of hydrogen-bond donors (Lipinski definition) is 0. The predicted octanol–water partition coefficient (Wildman–Crippen LogP) is 7.02. The minimum absolute atomic E-state index is 0.132. The van der Waals surface area contributed by atoms with E-state index in [9.17, 15) is 0 Å². The molecule has 45 heavy (non-hydrogen) atoms. The van der Waals surface area contributed by atoms with Gasteiger partial charge in [0.15, 0.2) is 0 Å². The smallest absolute Gasteiger partial charge is 0.399 e. The molecule has 0 aromatic heterocycles. The van der Waals surface area contributed by atoms with Gasteiger partial charge in [-0.05, 0) is 130 Å². The van der Waals surface area contributed by atoms with Crippen molar-refractivity contribution in [2.75, 3.05) is 0 Å². The van der Waals surface area contributed by atoms with E-state index in [1.54, 1.807) is 0 Å². The van der Waals surface area contributed by atoms with Crippen molar-refractivity contribution in [2.24, 2.45) is 0 Å². The van der Waals surface area contributed by atoms with Gasteiger partial charge in [0, 0.05) is 5.41 Å². The van der Waals surface area contributed by atoms with Crippen LogP contribution in [0.5, 0.6) is 0 Å². The zero-order valence-electron chi connectivity index (χ0n) is 27.8. The van der Waals surface area contributed by atoms with E-state index in [4.69, 9.17) is 18.6 Å². The molecule has 4 nitrogen and oxygen atoms in total. The van der Waals surface area contributed by atoms with Gasteiger partial charge in [-0.25, -0.2) is 0 Å². The summed E-state index contributed by atoms with van der Waals surface area (Å²) in [5.41, 5.74) is 11.3. The first-order chi connectivity index (χ1) is 21.2. The summed E-state index contributed by atoms with van der Waals surface area (Å²) >= 11 is 0. The molecule has 2 fully saturated rings. The highest BCUT2D eigenvalue weighted by Crippen LogP contribution is 2.56. The van der Waals surface area contributed by atoms with Gasteiger partial charge in [-0.3, -0.25) is 0 Å². The Bertz CT molecular complexity index is 1780. The number of hydrogen-bond acceptors (Lipinski definition) is 4. The average molecular weight is 596 g/mol. The summed E-state index contributed by atoms with van der Waals surface area (Å²) in [6, 6.07) is 31.6. The minimum atomic E-state index is -0.386. The second kappa shape index (κ2) is 9.45. The molecule has 0 amide bonds. The van der Waals surface area contributed by atoms with Crippen molar-refractivity contribution in [2.45, 2.75) is 96.1 Å². The summed E-state index contributed by atoms with van der Waals surface area (Å²) in [5, 5.41) is 0. The SMILES string of the molecule is CC1(C)OB(c2ccc(-c3ccc4c(c3)C3(Cc5ccccc5C3)c3cc(B5OC(C)(C)C(C)(C)O5)ccc3-4)cc2)OC1(C)C. The van der Waals surface area contributed by atoms with Gasteiger partial charge < -0.3 is 18.6 Å². The monoisotopic (exact) mass is 596 g/mol. The number of benzene rings is 4. The Labute approximate surface area is 268 Å². The molecule has 0 saturated carbocycles. The van der Waals surface area contributed by atoms with Crippen molar-refractivity contribution in [1.82, 2.24) is 0 Å². The molecule has 0 unspecified atom stereocenters. The second-order valence-corrected chi connectivity index (χ2v) is 15.6. The van der Waals surface area contributed by atoms with Gasteiger partial charge in [0.05, 0.1) is 22.4 Å². The first-order valence-electron chi connectivity index (χ1n) is 16.4. The fourth-order valence-electron chi connectivity index (χ4n) is 7.63. The fraction of sp³-hybridized carbons (Fsp3) is 0.385. The van der Waals surface area contributed by atoms with Crippen LogP contribution in [-0.2, 0) is 36.9 Å². The largest absolute Gasteiger partial charge is 0.494 e. The number of fused-ring (bicyclic) bond motifs is 6. The first-order valence-corrected chi connectivity index (χ1v) is 16.4. The summed E-state index contributed by atoms with van der Waals surface area (Å²) in [6.07, 6.45) is 1.97. The molecule has 0 atom stereocenters. The summed E-state index contributed by atoms with van der Waals surface area (Å²) in [6.45, 7) is 16.9. The van der Waals surface area contributed by atoms with E-state index in [0.717, 1.165) is 23.8 Å². The van der Waals surface area contributed by atoms with E-state index in [1.165, 1.54) is 44.5 Å². The van der Waals surface area contributed by atoms with Crippen LogP contribution in [-0.4, -0.2) is 36.6 Å². The van der Waals surface area contributed by atoms with Crippen LogP contribution in [0.15, 0.2) is 84.9 Å². The van der Waals surface area contributed by atoms with Gasteiger partial charge in [-0.1, -0.05) is 78.9 Å². The lowest BCUT2D eigenvalue weighted by Crippen LogP contribution is -2.41. The normalized spacial score (nSPS) is 22.5. The molecule has 0 N–H and O–H groups in total. The Balaban J connectivity index is 1.18. The van der Waals surface area contributed by atoms with E-state index >= 15 is 0 Å². The molecule has 228 valence electrons. The molecule has 6 heteroatoms. The Morgan fingerprint density at radius 3 is 1.42 bits per heavy atom. The van der Waals surface area contributed by atoms with E-state index < -0.39 is 0 Å². The molecule has 4 aromatic rings. The maximum Gasteiger partial charge on any atom is 0.494 e. The highest BCUT2D eigenvalue weighted by molar-refractivity contribution is 6.62. The maximum absolute atomic E-state index is 6.51. The maximum atomic E-state index is 6.51. The summed E-state index contributed by atoms with van der Waals surface area (Å²) < 4.78 is 25.6. The van der Waals surface area contributed by atoms with E-state index in [2.05, 4.69) is 140 Å². The molecule has 2 heterocycles. The molecule has 4 aromatic carbocycles. The van der Waals surface area contributed by atoms with Crippen LogP contribution < -0.4 is 10.9 Å². The zero-order valence-corrected chi connectivity index (χ0v) is 27.8. The standard InChI is InChI=1S/C39H42B2O4/c1-35(2)36(3,4)43-40(42-35)29-16-13-25(14-17-29)26-15-19-31-32-20-18-30(41-44-37(5,6)38(7,8)45-41)22-34(32)39(33(31)21-26)23-27-11-9-10-12-28(27)24-39/h9-22H,23-24H2,1-8H3. The lowest BCUT2D eigenvalue weighted by Gasteiger charge is -2.32. The van der Waals surface area contributed by atoms with Crippen LogP contribution in [0.1, 0.15) is 77.6 Å². The third kappa shape index (κ3) is 4.29. The molecular formula is C39H42B2O4. The van der Waals surface area contributed by atoms with Crippen LogP contribution in [0.25, 0.3) is 22.3 Å². The van der Waals surface area contributed by atoms with Crippen molar-refractivity contribution >= 4 is 25.2 Å². The van der Waals surface area contributed by atoms with Crippen molar-refractivity contribution < 1.29 is 18.6 Å². The lowest BCUT2D eigenvalue weighted by atomic mass is 9.71. The van der Waals surface area contributed by atoms with Crippen LogP contribution >= 0.6 is 0 Å². The van der Waals surface area contributed by atoms with Gasteiger partial charge in [0.2, 0.25) is 0 Å². The van der Waals surface area contributed by atoms with Crippen LogP contribution in [0.2, 0.25) is 0 Å². The number of rotatable bonds is 3. The molecule has 0 bridgehead atoms. The molecule has 4 aliphatic rings. The molecule has 2 aliphatic heterocycles. The Kier molecular flexibility index (Phi) is 6.15. The van der Waals surface area contributed by atoms with Gasteiger partial charge in [-0.15, -0.1) is 0 Å². The highest BCUT2D eigenvalue weighted by atomic mass is 16.7. The van der Waals surface area contributed by atoms with Gasteiger partial charge >= 0.3 is 14.2 Å². The van der Waals surface area contributed by atoms with Crippen molar-refractivity contribution in [3.63, 3.8) is 0 Å². The fourth-order valence-corrected chi connectivity index (χ4v) is 7.63. The van der Waals surface area contributed by atoms with Crippen molar-refractivity contribution in [3.8, 4) is 22.3 Å².